The standard InChI is InChI=1S/O4P2S5/c1-5(2)7-9-11-10-8-6(3)4. The Kier molecular flexibility index (Phi) is 9.31. The van der Waals surface area contributed by atoms with Gasteiger partial charge in [-0.25, -0.2) is 18.3 Å². The maximum Gasteiger partial charge on any atom is 0.390 e. The summed E-state index contributed by atoms with van der Waals surface area (Å²) in [6.45, 7) is -4.89. The van der Waals surface area contributed by atoms with Crippen molar-refractivity contribution >= 4 is 64.1 Å². The first-order valence-electron chi connectivity index (χ1n) is 1.76. The van der Waals surface area contributed by atoms with Gasteiger partial charge in [0, 0.05) is 19.7 Å². The van der Waals surface area contributed by atoms with Crippen LogP contribution >= 0.6 is 64.1 Å². The summed E-state index contributed by atoms with van der Waals surface area (Å²) < 4.78 is 39.7. The van der Waals surface area contributed by atoms with Gasteiger partial charge >= 0.3 is 13.8 Å². The van der Waals surface area contributed by atoms with Crippen molar-refractivity contribution in [2.75, 3.05) is 0 Å². The zero-order valence-electron chi connectivity index (χ0n) is 4.57. The monoisotopic (exact) mass is 286 g/mol. The third kappa shape index (κ3) is 11.5. The van der Waals surface area contributed by atoms with E-state index >= 15 is 0 Å². The predicted octanol–water partition coefficient (Wildman–Crippen LogP) is 4.49. The van der Waals surface area contributed by atoms with Crippen molar-refractivity contribution in [1.82, 2.24) is 0 Å². The van der Waals surface area contributed by atoms with Crippen LogP contribution in [0.25, 0.3) is 0 Å². The Morgan fingerprint density at radius 2 is 1.00 bits per heavy atom. The van der Waals surface area contributed by atoms with Crippen LogP contribution in [-0.2, 0) is 18.3 Å². The van der Waals surface area contributed by atoms with Gasteiger partial charge in [0.2, 0.25) is 0 Å². The van der Waals surface area contributed by atoms with Gasteiger partial charge in [0.15, 0.2) is 0 Å². The molecule has 0 fully saturated rings. The van der Waals surface area contributed by atoms with Gasteiger partial charge in [-0.05, 0) is 9.83 Å². The van der Waals surface area contributed by atoms with Crippen molar-refractivity contribution in [3.8, 4) is 0 Å². The summed E-state index contributed by atoms with van der Waals surface area (Å²) >= 11 is 0. The van der Waals surface area contributed by atoms with Crippen LogP contribution in [0.15, 0.2) is 0 Å². The molecule has 0 rings (SSSR count). The molecule has 0 aromatic carbocycles. The molecule has 0 bridgehead atoms. The molecular weight excluding hydrogens is 286 g/mol. The van der Waals surface area contributed by atoms with Gasteiger partial charge in [0.25, 0.3) is 0 Å². The molecular formula is O4P2S5. The average molecular weight is 286 g/mol. The molecule has 11 heavy (non-hydrogen) atoms. The van der Waals surface area contributed by atoms with E-state index in [2.05, 4.69) is 0 Å². The molecule has 0 radical (unpaired) electrons. The van der Waals surface area contributed by atoms with Crippen molar-refractivity contribution < 1.29 is 18.3 Å². The van der Waals surface area contributed by atoms with E-state index in [1.165, 1.54) is 0 Å². The van der Waals surface area contributed by atoms with Crippen molar-refractivity contribution in [2.45, 2.75) is 0 Å². The highest BCUT2D eigenvalue weighted by Crippen LogP contribution is 2.56. The van der Waals surface area contributed by atoms with E-state index in [1.807, 2.05) is 0 Å². The molecule has 0 saturated carbocycles. The second kappa shape index (κ2) is 8.16. The van der Waals surface area contributed by atoms with Crippen LogP contribution in [0.2, 0.25) is 0 Å². The fraction of sp³-hybridized carbons (Fsp3) is 0. The van der Waals surface area contributed by atoms with E-state index in [0.29, 0.717) is 20.8 Å². The van der Waals surface area contributed by atoms with E-state index in [1.54, 1.807) is 0 Å². The second-order valence-corrected chi connectivity index (χ2v) is 12.7. The minimum atomic E-state index is -2.45. The zero-order chi connectivity index (χ0) is 8.69. The van der Waals surface area contributed by atoms with Crippen molar-refractivity contribution in [3.05, 3.63) is 0 Å². The van der Waals surface area contributed by atoms with E-state index in [4.69, 9.17) is 0 Å². The summed E-state index contributed by atoms with van der Waals surface area (Å²) in [6, 6.07) is 0. The molecule has 4 nitrogen and oxygen atoms in total. The molecule has 0 spiro atoms. The third-order valence-electron chi connectivity index (χ3n) is 0.238. The summed E-state index contributed by atoms with van der Waals surface area (Å²) in [4.78, 5) is 0. The topological polar surface area (TPSA) is 68.3 Å². The van der Waals surface area contributed by atoms with Gasteiger partial charge < -0.3 is 0 Å². The Labute approximate surface area is 81.9 Å². The minimum absolute atomic E-state index is 0.685. The van der Waals surface area contributed by atoms with Gasteiger partial charge in [-0.3, -0.25) is 0 Å². The Balaban J connectivity index is 3.15. The Morgan fingerprint density at radius 1 is 0.636 bits per heavy atom. The third-order valence-corrected chi connectivity index (χ3v) is 12.7. The number of hydrogen-bond donors (Lipinski definition) is 0. The first kappa shape index (κ1) is 12.6. The summed E-state index contributed by atoms with van der Waals surface area (Å²) in [5, 5.41) is 0. The van der Waals surface area contributed by atoms with Crippen molar-refractivity contribution in [2.24, 2.45) is 0 Å². The fourth-order valence-corrected chi connectivity index (χ4v) is 12.8. The second-order valence-electron chi connectivity index (χ2n) is 0.800. The summed E-state index contributed by atoms with van der Waals surface area (Å²) in [7, 11) is 4.50. The maximum atomic E-state index is 9.93. The fourth-order valence-electron chi connectivity index (χ4n) is 0.0859. The summed E-state index contributed by atoms with van der Waals surface area (Å²) in [6.07, 6.45) is 0. The lowest BCUT2D eigenvalue weighted by atomic mass is 15.9. The molecule has 64 valence electrons. The molecule has 0 N–H and O–H groups in total. The first-order chi connectivity index (χ1) is 5.13. The van der Waals surface area contributed by atoms with Gasteiger partial charge in [-0.2, -0.15) is 0 Å². The molecule has 0 unspecified atom stereocenters. The van der Waals surface area contributed by atoms with E-state index in [0.717, 1.165) is 29.5 Å². The molecule has 0 aliphatic rings. The maximum absolute atomic E-state index is 9.93. The lowest BCUT2D eigenvalue weighted by Crippen LogP contribution is -1.27. The Morgan fingerprint density at radius 3 is 1.27 bits per heavy atom. The van der Waals surface area contributed by atoms with E-state index in [-0.39, 0.29) is 0 Å². The van der Waals surface area contributed by atoms with Crippen LogP contribution in [-0.4, -0.2) is 0 Å². The Bertz CT molecular complexity index is 189. The van der Waals surface area contributed by atoms with Gasteiger partial charge in [-0.15, -0.1) is 0 Å². The summed E-state index contributed by atoms with van der Waals surface area (Å²) in [5.41, 5.74) is 0. The number of hydrogen-bond acceptors (Lipinski definition) is 9. The van der Waals surface area contributed by atoms with E-state index < -0.39 is 13.8 Å². The van der Waals surface area contributed by atoms with Crippen molar-refractivity contribution in [1.29, 1.82) is 0 Å². The zero-order valence-corrected chi connectivity index (χ0v) is 10.4. The highest BCUT2D eigenvalue weighted by molar-refractivity contribution is 9.41. The summed E-state index contributed by atoms with van der Waals surface area (Å²) in [5.74, 6) is 0. The molecule has 0 aromatic heterocycles. The van der Waals surface area contributed by atoms with Crippen LogP contribution in [0.1, 0.15) is 0 Å². The van der Waals surface area contributed by atoms with E-state index in [9.17, 15) is 18.3 Å². The first-order valence-corrected chi connectivity index (χ1v) is 11.5. The molecule has 0 saturated heterocycles. The molecule has 0 aliphatic heterocycles. The van der Waals surface area contributed by atoms with Crippen LogP contribution in [0.4, 0.5) is 0 Å². The highest BCUT2D eigenvalue weighted by atomic mass is 33.9. The largest absolute Gasteiger partial charge is 0.390 e. The molecule has 0 aliphatic carbocycles. The number of rotatable bonds is 6. The SMILES string of the molecule is O=P(=O)SSSSSP(=O)=O. The Hall–Kier alpha value is 1.55. The molecule has 0 atom stereocenters. The minimum Gasteiger partial charge on any atom is -0.224 e. The van der Waals surface area contributed by atoms with Crippen molar-refractivity contribution in [3.63, 3.8) is 0 Å². The lowest BCUT2D eigenvalue weighted by Gasteiger charge is -1.85. The van der Waals surface area contributed by atoms with Crippen LogP contribution in [0, 0.1) is 0 Å². The molecule has 11 heteroatoms. The highest BCUT2D eigenvalue weighted by Gasteiger charge is 1.98. The van der Waals surface area contributed by atoms with Crippen LogP contribution in [0.5, 0.6) is 0 Å². The average Bonchev–Trinajstić information content (AvgIpc) is 1.85. The molecule has 0 heterocycles. The normalized spacial score (nSPS) is 9.45. The molecule has 0 aromatic rings. The molecule has 0 amide bonds. The van der Waals surface area contributed by atoms with Gasteiger partial charge in [-0.1, -0.05) is 0 Å². The smallest absolute Gasteiger partial charge is 0.224 e. The predicted molar refractivity (Wildman–Crippen MR) is 54.5 cm³/mol. The van der Waals surface area contributed by atoms with Gasteiger partial charge in [0.1, 0.15) is 0 Å². The quantitative estimate of drug-likeness (QED) is 0.399. The van der Waals surface area contributed by atoms with Crippen LogP contribution in [0.3, 0.4) is 0 Å². The lowest BCUT2D eigenvalue weighted by molar-refractivity contribution is 0.526. The van der Waals surface area contributed by atoms with Crippen LogP contribution < -0.4 is 0 Å². The van der Waals surface area contributed by atoms with Gasteiger partial charge in [0.05, 0.1) is 20.8 Å².